The van der Waals surface area contributed by atoms with Gasteiger partial charge in [0, 0.05) is 6.54 Å². The molecule has 0 aliphatic carbocycles. The molecule has 0 bridgehead atoms. The molecule has 7 nitrogen and oxygen atoms in total. The van der Waals surface area contributed by atoms with Gasteiger partial charge in [-0.25, -0.2) is 14.5 Å². The number of carbonyl (C=O) groups excluding carboxylic acids is 3. The van der Waals surface area contributed by atoms with Crippen LogP contribution in [0.5, 0.6) is 0 Å². The van der Waals surface area contributed by atoms with Crippen molar-refractivity contribution in [2.24, 2.45) is 5.92 Å². The molecule has 0 spiro atoms. The highest BCUT2D eigenvalue weighted by Crippen LogP contribution is 2.19. The standard InChI is InChI=1S/C19H35NO6/c1-11-13(14(21)24-17(2,3)4)12-20(15(22)25-18(5,6)7)16(23)26-19(8,9)10/h13H,11-12H2,1-10H3. The summed E-state index contributed by atoms with van der Waals surface area (Å²) in [6.45, 7) is 17.1. The van der Waals surface area contributed by atoms with Crippen molar-refractivity contribution in [3.05, 3.63) is 0 Å². The molecule has 1 unspecified atom stereocenters. The SMILES string of the molecule is CCC(CN(C(=O)OC(C)(C)C)C(=O)OC(C)(C)C)C(=O)OC(C)(C)C. The number of ether oxygens (including phenoxy) is 3. The zero-order valence-electron chi connectivity index (χ0n) is 17.9. The molecule has 0 radical (unpaired) electrons. The number of carbonyl (C=O) groups is 3. The van der Waals surface area contributed by atoms with E-state index in [-0.39, 0.29) is 6.54 Å². The van der Waals surface area contributed by atoms with Crippen molar-refractivity contribution in [1.29, 1.82) is 0 Å². The number of esters is 1. The van der Waals surface area contributed by atoms with Gasteiger partial charge in [-0.3, -0.25) is 4.79 Å². The van der Waals surface area contributed by atoms with Crippen LogP contribution in [-0.2, 0) is 19.0 Å². The van der Waals surface area contributed by atoms with Crippen LogP contribution >= 0.6 is 0 Å². The molecule has 0 heterocycles. The maximum Gasteiger partial charge on any atom is 0.419 e. The lowest BCUT2D eigenvalue weighted by atomic mass is 10.1. The number of hydrogen-bond acceptors (Lipinski definition) is 6. The predicted molar refractivity (Wildman–Crippen MR) is 98.8 cm³/mol. The summed E-state index contributed by atoms with van der Waals surface area (Å²) >= 11 is 0. The average molecular weight is 373 g/mol. The van der Waals surface area contributed by atoms with Crippen molar-refractivity contribution in [3.63, 3.8) is 0 Å². The highest BCUT2D eigenvalue weighted by Gasteiger charge is 2.35. The van der Waals surface area contributed by atoms with Crippen LogP contribution in [0.25, 0.3) is 0 Å². The summed E-state index contributed by atoms with van der Waals surface area (Å²) in [4.78, 5) is 38.2. The topological polar surface area (TPSA) is 82.1 Å². The van der Waals surface area contributed by atoms with Crippen LogP contribution < -0.4 is 0 Å². The Hall–Kier alpha value is -1.79. The Labute approximate surface area is 157 Å². The molecule has 0 aromatic carbocycles. The number of imide groups is 1. The van der Waals surface area contributed by atoms with Gasteiger partial charge in [0.2, 0.25) is 0 Å². The van der Waals surface area contributed by atoms with E-state index in [0.717, 1.165) is 4.90 Å². The molecule has 0 aliphatic rings. The first-order valence-electron chi connectivity index (χ1n) is 8.91. The second-order valence-electron chi connectivity index (χ2n) is 9.21. The molecule has 0 aliphatic heterocycles. The normalized spacial score (nSPS) is 13.6. The van der Waals surface area contributed by atoms with E-state index in [1.165, 1.54) is 0 Å². The Balaban J connectivity index is 5.46. The van der Waals surface area contributed by atoms with Crippen LogP contribution in [0, 0.1) is 5.92 Å². The van der Waals surface area contributed by atoms with E-state index in [1.807, 2.05) is 0 Å². The average Bonchev–Trinajstić information content (AvgIpc) is 2.32. The van der Waals surface area contributed by atoms with Crippen LogP contribution in [0.4, 0.5) is 9.59 Å². The second kappa shape index (κ2) is 8.73. The molecule has 0 saturated carbocycles. The van der Waals surface area contributed by atoms with E-state index in [4.69, 9.17) is 14.2 Å². The van der Waals surface area contributed by atoms with Gasteiger partial charge < -0.3 is 14.2 Å². The number of rotatable bonds is 4. The molecule has 7 heteroatoms. The van der Waals surface area contributed by atoms with Gasteiger partial charge in [-0.05, 0) is 68.7 Å². The number of amides is 2. The first kappa shape index (κ1) is 24.2. The summed E-state index contributed by atoms with van der Waals surface area (Å²) in [6, 6.07) is 0. The Morgan fingerprint density at radius 1 is 0.731 bits per heavy atom. The molecule has 0 aromatic heterocycles. The third-order valence-corrected chi connectivity index (χ3v) is 2.86. The molecule has 152 valence electrons. The highest BCUT2D eigenvalue weighted by molar-refractivity contribution is 5.89. The minimum Gasteiger partial charge on any atom is -0.460 e. The van der Waals surface area contributed by atoms with Gasteiger partial charge in [-0.15, -0.1) is 0 Å². The van der Waals surface area contributed by atoms with Gasteiger partial charge in [0.15, 0.2) is 0 Å². The van der Waals surface area contributed by atoms with Crippen molar-refractivity contribution >= 4 is 18.2 Å². The number of nitrogens with zero attached hydrogens (tertiary/aromatic N) is 1. The summed E-state index contributed by atoms with van der Waals surface area (Å²) in [5.41, 5.74) is -2.23. The molecule has 0 rings (SSSR count). The Morgan fingerprint density at radius 2 is 1.08 bits per heavy atom. The van der Waals surface area contributed by atoms with Crippen LogP contribution in [0.15, 0.2) is 0 Å². The van der Waals surface area contributed by atoms with Crippen LogP contribution in [0.2, 0.25) is 0 Å². The number of hydrogen-bond donors (Lipinski definition) is 0. The summed E-state index contributed by atoms with van der Waals surface area (Å²) in [5, 5.41) is 0. The monoisotopic (exact) mass is 373 g/mol. The van der Waals surface area contributed by atoms with Gasteiger partial charge in [-0.2, -0.15) is 0 Å². The minimum absolute atomic E-state index is 0.171. The summed E-state index contributed by atoms with van der Waals surface area (Å²) in [6.07, 6.45) is -1.31. The van der Waals surface area contributed by atoms with Gasteiger partial charge in [-0.1, -0.05) is 6.92 Å². The summed E-state index contributed by atoms with van der Waals surface area (Å²) in [7, 11) is 0. The lowest BCUT2D eigenvalue weighted by Gasteiger charge is -2.31. The quantitative estimate of drug-likeness (QED) is 0.532. The van der Waals surface area contributed by atoms with Crippen molar-refractivity contribution in [2.75, 3.05) is 6.54 Å². The third-order valence-electron chi connectivity index (χ3n) is 2.86. The van der Waals surface area contributed by atoms with Gasteiger partial charge >= 0.3 is 18.2 Å². The maximum atomic E-state index is 12.5. The van der Waals surface area contributed by atoms with Crippen molar-refractivity contribution in [2.45, 2.75) is 92.5 Å². The van der Waals surface area contributed by atoms with E-state index in [0.29, 0.717) is 6.42 Å². The fourth-order valence-electron chi connectivity index (χ4n) is 1.83. The van der Waals surface area contributed by atoms with Crippen LogP contribution in [0.1, 0.15) is 75.7 Å². The molecule has 1 atom stereocenters. The van der Waals surface area contributed by atoms with Gasteiger partial charge in [0.25, 0.3) is 0 Å². The molecule has 0 saturated heterocycles. The van der Waals surface area contributed by atoms with Crippen LogP contribution in [0.3, 0.4) is 0 Å². The lowest BCUT2D eigenvalue weighted by molar-refractivity contribution is -0.160. The smallest absolute Gasteiger partial charge is 0.419 e. The zero-order chi connectivity index (χ0) is 20.9. The highest BCUT2D eigenvalue weighted by atomic mass is 16.6. The molecule has 0 N–H and O–H groups in total. The zero-order valence-corrected chi connectivity index (χ0v) is 17.9. The summed E-state index contributed by atoms with van der Waals surface area (Å²) < 4.78 is 16.0. The third kappa shape index (κ3) is 10.3. The van der Waals surface area contributed by atoms with E-state index < -0.39 is 40.9 Å². The van der Waals surface area contributed by atoms with E-state index in [9.17, 15) is 14.4 Å². The molecular formula is C19H35NO6. The molecule has 2 amide bonds. The second-order valence-corrected chi connectivity index (χ2v) is 9.21. The predicted octanol–water partition coefficient (Wildman–Crippen LogP) is 4.53. The maximum absolute atomic E-state index is 12.5. The van der Waals surface area contributed by atoms with Crippen molar-refractivity contribution < 1.29 is 28.6 Å². The molecule has 0 fully saturated rings. The Kier molecular flexibility index (Phi) is 8.13. The van der Waals surface area contributed by atoms with Crippen molar-refractivity contribution in [3.8, 4) is 0 Å². The van der Waals surface area contributed by atoms with E-state index in [2.05, 4.69) is 0 Å². The van der Waals surface area contributed by atoms with Crippen molar-refractivity contribution in [1.82, 2.24) is 4.90 Å². The minimum atomic E-state index is -0.853. The molecule has 26 heavy (non-hydrogen) atoms. The molecule has 0 aromatic rings. The lowest BCUT2D eigenvalue weighted by Crippen LogP contribution is -2.47. The Morgan fingerprint density at radius 3 is 1.35 bits per heavy atom. The fourth-order valence-corrected chi connectivity index (χ4v) is 1.83. The fraction of sp³-hybridized carbons (Fsp3) is 0.842. The van der Waals surface area contributed by atoms with E-state index >= 15 is 0 Å². The first-order valence-corrected chi connectivity index (χ1v) is 8.91. The Bertz CT molecular complexity index is 480. The summed E-state index contributed by atoms with van der Waals surface area (Å²) in [5.74, 6) is -1.15. The first-order chi connectivity index (χ1) is 11.4. The van der Waals surface area contributed by atoms with Gasteiger partial charge in [0.1, 0.15) is 16.8 Å². The largest absolute Gasteiger partial charge is 0.460 e. The van der Waals surface area contributed by atoms with E-state index in [1.54, 1.807) is 69.2 Å². The molecular weight excluding hydrogens is 338 g/mol. The van der Waals surface area contributed by atoms with Crippen LogP contribution in [-0.4, -0.2) is 46.4 Å². The van der Waals surface area contributed by atoms with Gasteiger partial charge in [0.05, 0.1) is 5.92 Å².